The molecule has 0 aliphatic carbocycles. The Morgan fingerprint density at radius 2 is 2.15 bits per heavy atom. The van der Waals surface area contributed by atoms with E-state index < -0.39 is 5.54 Å². The maximum atomic E-state index is 12.0. The summed E-state index contributed by atoms with van der Waals surface area (Å²) in [5, 5.41) is 6.53. The molecule has 0 aliphatic heterocycles. The number of halogens is 1. The minimum atomic E-state index is -0.854. The second-order valence-electron chi connectivity index (χ2n) is 4.51. The van der Waals surface area contributed by atoms with Crippen molar-refractivity contribution in [3.8, 4) is 0 Å². The van der Waals surface area contributed by atoms with Crippen molar-refractivity contribution in [2.45, 2.75) is 18.9 Å². The quantitative estimate of drug-likeness (QED) is 0.272. The highest BCUT2D eigenvalue weighted by molar-refractivity contribution is 9.10. The molecule has 1 aromatic rings. The molecule has 0 aliphatic rings. The highest BCUT2D eigenvalue weighted by Crippen LogP contribution is 2.17. The number of rotatable bonds is 7. The van der Waals surface area contributed by atoms with Crippen LogP contribution in [0.5, 0.6) is 0 Å². The molecule has 0 bridgehead atoms. The van der Waals surface area contributed by atoms with Crippen LogP contribution in [0.3, 0.4) is 0 Å². The highest BCUT2D eigenvalue weighted by atomic mass is 79.9. The van der Waals surface area contributed by atoms with Gasteiger partial charge in [-0.15, -0.1) is 0 Å². The zero-order chi connectivity index (χ0) is 15.0. The molecule has 0 fully saturated rings. The lowest BCUT2D eigenvalue weighted by Gasteiger charge is -2.28. The van der Waals surface area contributed by atoms with Gasteiger partial charge >= 0.3 is 5.97 Å². The van der Waals surface area contributed by atoms with Crippen LogP contribution < -0.4 is 5.32 Å². The Kier molecular flexibility index (Phi) is 6.51. The Hall–Kier alpha value is -1.56. The van der Waals surface area contributed by atoms with E-state index in [0.717, 1.165) is 10.0 Å². The molecule has 7 heteroatoms. The normalized spacial score (nSPS) is 13.2. The van der Waals surface area contributed by atoms with Gasteiger partial charge in [-0.2, -0.15) is 0 Å². The number of hydrogen-bond acceptors (Lipinski definition) is 4. The van der Waals surface area contributed by atoms with Crippen molar-refractivity contribution in [2.75, 3.05) is 20.2 Å². The summed E-state index contributed by atoms with van der Waals surface area (Å²) in [4.78, 5) is 14.6. The van der Waals surface area contributed by atoms with Crippen molar-refractivity contribution in [3.05, 3.63) is 44.7 Å². The summed E-state index contributed by atoms with van der Waals surface area (Å²) in [6.07, 6.45) is 0.489. The number of azide groups is 1. The topological polar surface area (TPSA) is 87.1 Å². The third-order valence-corrected chi connectivity index (χ3v) is 3.43. The van der Waals surface area contributed by atoms with Crippen LogP contribution in [-0.2, 0) is 16.0 Å². The number of hydrogen-bond donors (Lipinski definition) is 1. The Bertz CT molecular complexity index is 500. The molecular formula is C13H17BrN4O2. The molecule has 1 aromatic carbocycles. The van der Waals surface area contributed by atoms with E-state index in [1.165, 1.54) is 7.11 Å². The Morgan fingerprint density at radius 3 is 2.70 bits per heavy atom. The largest absolute Gasteiger partial charge is 0.468 e. The summed E-state index contributed by atoms with van der Waals surface area (Å²) in [5.41, 5.74) is 8.40. The molecule has 0 saturated heterocycles. The smallest absolute Gasteiger partial charge is 0.326 e. The maximum Gasteiger partial charge on any atom is 0.326 e. The summed E-state index contributed by atoms with van der Waals surface area (Å²) in [6, 6.07) is 7.74. The molecule has 0 spiro atoms. The van der Waals surface area contributed by atoms with Crippen LogP contribution in [-0.4, -0.2) is 31.7 Å². The average molecular weight is 341 g/mol. The lowest BCUT2D eigenvalue weighted by atomic mass is 9.92. The van der Waals surface area contributed by atoms with Crippen molar-refractivity contribution in [3.63, 3.8) is 0 Å². The molecular weight excluding hydrogens is 324 g/mol. The van der Waals surface area contributed by atoms with Gasteiger partial charge in [-0.25, -0.2) is 0 Å². The fourth-order valence-electron chi connectivity index (χ4n) is 1.87. The number of nitrogens with zero attached hydrogens (tertiary/aromatic N) is 3. The van der Waals surface area contributed by atoms with Crippen molar-refractivity contribution in [2.24, 2.45) is 5.11 Å². The third-order valence-electron chi connectivity index (χ3n) is 2.90. The Morgan fingerprint density at radius 1 is 1.50 bits per heavy atom. The van der Waals surface area contributed by atoms with Gasteiger partial charge in [-0.3, -0.25) is 4.79 Å². The van der Waals surface area contributed by atoms with Gasteiger partial charge in [0.15, 0.2) is 0 Å². The molecule has 0 saturated carbocycles. The van der Waals surface area contributed by atoms with Crippen LogP contribution in [0.2, 0.25) is 0 Å². The van der Waals surface area contributed by atoms with E-state index in [0.29, 0.717) is 13.0 Å². The minimum absolute atomic E-state index is 0.281. The van der Waals surface area contributed by atoms with Crippen LogP contribution in [0.25, 0.3) is 10.4 Å². The Balaban J connectivity index is 2.79. The highest BCUT2D eigenvalue weighted by Gasteiger charge is 2.33. The van der Waals surface area contributed by atoms with Crippen LogP contribution in [0.4, 0.5) is 0 Å². The molecule has 0 amide bonds. The second kappa shape index (κ2) is 7.89. The Labute approximate surface area is 126 Å². The SMILES string of the molecule is COC(=O)C(C)(Cc1ccc(Br)cc1)NCCN=[N+]=[N-]. The first-order chi connectivity index (χ1) is 9.51. The fourth-order valence-corrected chi connectivity index (χ4v) is 2.13. The van der Waals surface area contributed by atoms with E-state index in [9.17, 15) is 4.79 Å². The summed E-state index contributed by atoms with van der Waals surface area (Å²) in [5.74, 6) is -0.346. The van der Waals surface area contributed by atoms with Gasteiger partial charge < -0.3 is 10.1 Å². The van der Waals surface area contributed by atoms with Crippen molar-refractivity contribution in [1.82, 2.24) is 5.32 Å². The van der Waals surface area contributed by atoms with Gasteiger partial charge in [0, 0.05) is 28.9 Å². The lowest BCUT2D eigenvalue weighted by molar-refractivity contribution is -0.147. The summed E-state index contributed by atoms with van der Waals surface area (Å²) in [7, 11) is 1.36. The number of benzene rings is 1. The van der Waals surface area contributed by atoms with E-state index in [4.69, 9.17) is 10.3 Å². The molecule has 1 rings (SSSR count). The molecule has 6 nitrogen and oxygen atoms in total. The van der Waals surface area contributed by atoms with Crippen molar-refractivity contribution < 1.29 is 9.53 Å². The van der Waals surface area contributed by atoms with E-state index in [-0.39, 0.29) is 12.5 Å². The zero-order valence-electron chi connectivity index (χ0n) is 11.5. The van der Waals surface area contributed by atoms with Gasteiger partial charge in [0.2, 0.25) is 0 Å². The molecule has 0 radical (unpaired) electrons. The molecule has 1 unspecified atom stereocenters. The summed E-state index contributed by atoms with van der Waals surface area (Å²) >= 11 is 3.37. The van der Waals surface area contributed by atoms with E-state index in [1.54, 1.807) is 6.92 Å². The molecule has 20 heavy (non-hydrogen) atoms. The fraction of sp³-hybridized carbons (Fsp3) is 0.462. The van der Waals surface area contributed by atoms with Crippen LogP contribution >= 0.6 is 15.9 Å². The van der Waals surface area contributed by atoms with Gasteiger partial charge in [-0.1, -0.05) is 33.2 Å². The summed E-state index contributed by atoms with van der Waals surface area (Å²) < 4.78 is 5.84. The first-order valence-electron chi connectivity index (χ1n) is 6.10. The van der Waals surface area contributed by atoms with Gasteiger partial charge in [-0.05, 0) is 30.2 Å². The van der Waals surface area contributed by atoms with Gasteiger partial charge in [0.05, 0.1) is 7.11 Å². The molecule has 0 heterocycles. The molecule has 1 atom stereocenters. The van der Waals surface area contributed by atoms with Gasteiger partial charge in [0.25, 0.3) is 0 Å². The number of methoxy groups -OCH3 is 1. The first-order valence-corrected chi connectivity index (χ1v) is 6.90. The summed E-state index contributed by atoms with van der Waals surface area (Å²) in [6.45, 7) is 2.46. The van der Waals surface area contributed by atoms with Crippen LogP contribution in [0.1, 0.15) is 12.5 Å². The van der Waals surface area contributed by atoms with Crippen LogP contribution in [0.15, 0.2) is 33.9 Å². The molecule has 108 valence electrons. The predicted octanol–water partition coefficient (Wildman–Crippen LogP) is 2.82. The maximum absolute atomic E-state index is 12.0. The number of esters is 1. The number of ether oxygens (including phenoxy) is 1. The standard InChI is InChI=1S/C13H17BrN4O2/c1-13(12(19)20-2,16-7-8-17-18-15)9-10-3-5-11(14)6-4-10/h3-6,16H,7-9H2,1-2H3. The number of nitrogens with one attached hydrogen (secondary N) is 1. The second-order valence-corrected chi connectivity index (χ2v) is 5.42. The minimum Gasteiger partial charge on any atom is -0.468 e. The zero-order valence-corrected chi connectivity index (χ0v) is 13.1. The number of carbonyl (C=O) groups is 1. The number of carbonyl (C=O) groups excluding carboxylic acids is 1. The van der Waals surface area contributed by atoms with E-state index in [1.807, 2.05) is 24.3 Å². The molecule has 0 aromatic heterocycles. The third kappa shape index (κ3) is 4.85. The average Bonchev–Trinajstić information content (AvgIpc) is 2.45. The predicted molar refractivity (Wildman–Crippen MR) is 80.3 cm³/mol. The monoisotopic (exact) mass is 340 g/mol. The van der Waals surface area contributed by atoms with Crippen molar-refractivity contribution in [1.29, 1.82) is 0 Å². The van der Waals surface area contributed by atoms with Gasteiger partial charge in [0.1, 0.15) is 5.54 Å². The van der Waals surface area contributed by atoms with E-state index >= 15 is 0 Å². The van der Waals surface area contributed by atoms with Crippen molar-refractivity contribution >= 4 is 21.9 Å². The van der Waals surface area contributed by atoms with E-state index in [2.05, 4.69) is 31.3 Å². The molecule has 1 N–H and O–H groups in total. The van der Waals surface area contributed by atoms with Crippen LogP contribution in [0, 0.1) is 0 Å². The first kappa shape index (κ1) is 16.5. The lowest BCUT2D eigenvalue weighted by Crippen LogP contribution is -2.52.